The van der Waals surface area contributed by atoms with Crippen molar-refractivity contribution in [3.63, 3.8) is 0 Å². The van der Waals surface area contributed by atoms with E-state index in [1.54, 1.807) is 39.8 Å². The van der Waals surface area contributed by atoms with Gasteiger partial charge in [0.2, 0.25) is 5.76 Å². The molecule has 0 aliphatic heterocycles. The van der Waals surface area contributed by atoms with Crippen molar-refractivity contribution >= 4 is 27.3 Å². The van der Waals surface area contributed by atoms with Crippen molar-refractivity contribution in [1.29, 1.82) is 0 Å². The van der Waals surface area contributed by atoms with Crippen LogP contribution in [0.2, 0.25) is 0 Å². The Bertz CT molecular complexity index is 1360. The van der Waals surface area contributed by atoms with Crippen molar-refractivity contribution in [2.24, 2.45) is 0 Å². The van der Waals surface area contributed by atoms with Crippen molar-refractivity contribution in [1.82, 2.24) is 9.88 Å². The molecule has 3 aromatic rings. The van der Waals surface area contributed by atoms with Gasteiger partial charge < -0.3 is 9.26 Å². The topological polar surface area (TPSA) is 98.5 Å². The van der Waals surface area contributed by atoms with Crippen LogP contribution in [0.5, 0.6) is 0 Å². The Labute approximate surface area is 204 Å². The quantitative estimate of drug-likeness (QED) is 0.445. The van der Waals surface area contributed by atoms with Crippen molar-refractivity contribution in [2.75, 3.05) is 0 Å². The zero-order valence-electron chi connectivity index (χ0n) is 19.3. The maximum Gasteiger partial charge on any atom is 0.452 e. The van der Waals surface area contributed by atoms with E-state index in [-0.39, 0.29) is 21.2 Å². The van der Waals surface area contributed by atoms with E-state index in [1.165, 1.54) is 12.1 Å². The van der Waals surface area contributed by atoms with Gasteiger partial charge in [-0.1, -0.05) is 42.4 Å². The third-order valence-corrected chi connectivity index (χ3v) is 8.88. The number of sulfonamides is 1. The van der Waals surface area contributed by atoms with Gasteiger partial charge >= 0.3 is 12.1 Å². The smallest absolute Gasteiger partial charge is 0.452 e. The van der Waals surface area contributed by atoms with Crippen LogP contribution in [0, 0.1) is 0 Å². The lowest BCUT2D eigenvalue weighted by atomic mass is 9.93. The summed E-state index contributed by atoms with van der Waals surface area (Å²) in [5, 5.41) is 3.39. The largest absolute Gasteiger partial charge is 0.459 e. The predicted molar refractivity (Wildman–Crippen MR) is 122 cm³/mol. The van der Waals surface area contributed by atoms with Crippen LogP contribution in [0.25, 0.3) is 10.6 Å². The number of nitrogens with zero attached hydrogens (tertiary/aromatic N) is 1. The standard InChI is InChI=1S/C23H23F3N2O5S2/c1-20(2,3)32-19(29)22(13-21(22,4)14-8-6-5-7-9-14)28-35(30,31)18-11-10-16(34-18)15-12-17(33-27-15)23(24,25)26/h5-12,28H,13H2,1-4H3/t21?,22-/m1/s1. The maximum absolute atomic E-state index is 13.4. The zero-order valence-corrected chi connectivity index (χ0v) is 20.9. The number of hydrogen-bond acceptors (Lipinski definition) is 7. The molecule has 2 atom stereocenters. The zero-order chi connectivity index (χ0) is 25.9. The monoisotopic (exact) mass is 528 g/mol. The molecule has 0 saturated heterocycles. The minimum Gasteiger partial charge on any atom is -0.459 e. The third-order valence-electron chi connectivity index (χ3n) is 5.79. The lowest BCUT2D eigenvalue weighted by molar-refractivity contribution is -0.159. The fraction of sp³-hybridized carbons (Fsp3) is 0.391. The summed E-state index contributed by atoms with van der Waals surface area (Å²) in [4.78, 5) is 13.5. The summed E-state index contributed by atoms with van der Waals surface area (Å²) in [5.74, 6) is -1.99. The van der Waals surface area contributed by atoms with Crippen molar-refractivity contribution in [2.45, 2.75) is 61.1 Å². The molecule has 4 rings (SSSR count). The van der Waals surface area contributed by atoms with E-state index < -0.39 is 44.5 Å². The molecule has 188 valence electrons. The Kier molecular flexibility index (Phi) is 5.93. The molecule has 1 aliphatic carbocycles. The number of nitrogens with one attached hydrogen (secondary N) is 1. The molecule has 1 saturated carbocycles. The van der Waals surface area contributed by atoms with Crippen LogP contribution in [0.1, 0.15) is 45.4 Å². The number of aromatic nitrogens is 1. The van der Waals surface area contributed by atoms with Crippen LogP contribution in [-0.4, -0.2) is 30.7 Å². The first-order valence-electron chi connectivity index (χ1n) is 10.5. The van der Waals surface area contributed by atoms with Crippen LogP contribution in [-0.2, 0) is 31.1 Å². The molecule has 7 nitrogen and oxygen atoms in total. The van der Waals surface area contributed by atoms with Crippen molar-refractivity contribution in [3.8, 4) is 10.6 Å². The number of benzene rings is 1. The number of halogens is 3. The van der Waals surface area contributed by atoms with Crippen LogP contribution < -0.4 is 4.72 Å². The molecule has 35 heavy (non-hydrogen) atoms. The minimum absolute atomic E-state index is 0.147. The summed E-state index contributed by atoms with van der Waals surface area (Å²) < 4.78 is 77.5. The van der Waals surface area contributed by atoms with Crippen LogP contribution >= 0.6 is 11.3 Å². The van der Waals surface area contributed by atoms with E-state index in [9.17, 15) is 26.4 Å². The Morgan fingerprint density at radius 3 is 2.37 bits per heavy atom. The van der Waals surface area contributed by atoms with Gasteiger partial charge in [-0.3, -0.25) is 0 Å². The molecule has 1 fully saturated rings. The maximum atomic E-state index is 13.4. The SMILES string of the molecule is CC(C)(C)OC(=O)[C@]1(NS(=O)(=O)c2ccc(-c3cc(C(F)(F)F)on3)s2)CC1(C)c1ccccc1. The average Bonchev–Trinajstić information content (AvgIpc) is 3.17. The van der Waals surface area contributed by atoms with Crippen molar-refractivity contribution < 1.29 is 35.6 Å². The molecule has 1 aromatic carbocycles. The van der Waals surface area contributed by atoms with Gasteiger partial charge in [0.05, 0.1) is 4.88 Å². The molecule has 12 heteroatoms. The first-order valence-corrected chi connectivity index (χ1v) is 12.8. The Morgan fingerprint density at radius 2 is 1.80 bits per heavy atom. The van der Waals surface area contributed by atoms with Gasteiger partial charge in [0.1, 0.15) is 21.0 Å². The number of ether oxygens (including phenoxy) is 1. The van der Waals surface area contributed by atoms with E-state index in [1.807, 2.05) is 18.2 Å². The highest BCUT2D eigenvalue weighted by molar-refractivity contribution is 7.91. The lowest BCUT2D eigenvalue weighted by Crippen LogP contribution is -2.50. The number of alkyl halides is 3. The highest BCUT2D eigenvalue weighted by Crippen LogP contribution is 2.59. The predicted octanol–water partition coefficient (Wildman–Crippen LogP) is 5.14. The second-order valence-corrected chi connectivity index (χ2v) is 12.6. The molecule has 2 heterocycles. The number of hydrogen-bond donors (Lipinski definition) is 1. The van der Waals surface area contributed by atoms with Gasteiger partial charge in [-0.2, -0.15) is 17.9 Å². The van der Waals surface area contributed by atoms with E-state index in [4.69, 9.17) is 4.74 Å². The van der Waals surface area contributed by atoms with Gasteiger partial charge in [0, 0.05) is 11.5 Å². The highest BCUT2D eigenvalue weighted by atomic mass is 32.2. The van der Waals surface area contributed by atoms with Gasteiger partial charge in [0.15, 0.2) is 0 Å². The Hall–Kier alpha value is -2.70. The fourth-order valence-corrected chi connectivity index (χ4v) is 6.61. The number of carbonyl (C=O) groups excluding carboxylic acids is 1. The molecule has 1 unspecified atom stereocenters. The summed E-state index contributed by atoms with van der Waals surface area (Å²) in [6.07, 6.45) is -4.54. The summed E-state index contributed by atoms with van der Waals surface area (Å²) in [6.45, 7) is 6.85. The molecule has 1 aliphatic rings. The first kappa shape index (κ1) is 25.4. The first-order chi connectivity index (χ1) is 16.1. The third kappa shape index (κ3) is 4.74. The summed E-state index contributed by atoms with van der Waals surface area (Å²) in [7, 11) is -4.26. The molecule has 1 N–H and O–H groups in total. The van der Waals surface area contributed by atoms with E-state index in [2.05, 4.69) is 14.4 Å². The molecule has 0 amide bonds. The number of esters is 1. The summed E-state index contributed by atoms with van der Waals surface area (Å²) in [6, 6.07) is 12.3. The summed E-state index contributed by atoms with van der Waals surface area (Å²) in [5.41, 5.74) is -2.65. The van der Waals surface area contributed by atoms with Gasteiger partial charge in [-0.25, -0.2) is 13.2 Å². The number of carbonyl (C=O) groups is 1. The molecule has 2 aromatic heterocycles. The number of thiophene rings is 1. The van der Waals surface area contributed by atoms with E-state index in [0.717, 1.165) is 5.56 Å². The second kappa shape index (κ2) is 8.17. The molecular formula is C23H23F3N2O5S2. The Morgan fingerprint density at radius 1 is 1.14 bits per heavy atom. The van der Waals surface area contributed by atoms with Crippen LogP contribution in [0.15, 0.2) is 57.3 Å². The molecule has 0 bridgehead atoms. The molecular weight excluding hydrogens is 505 g/mol. The van der Waals surface area contributed by atoms with Crippen molar-refractivity contribution in [3.05, 3.63) is 59.9 Å². The fourth-order valence-electron chi connectivity index (χ4n) is 3.90. The van der Waals surface area contributed by atoms with E-state index >= 15 is 0 Å². The minimum atomic E-state index is -4.72. The second-order valence-electron chi connectivity index (χ2n) is 9.58. The lowest BCUT2D eigenvalue weighted by Gasteiger charge is -2.27. The van der Waals surface area contributed by atoms with Gasteiger partial charge in [-0.05, 0) is 44.9 Å². The Balaban J connectivity index is 1.67. The number of rotatable bonds is 6. The highest BCUT2D eigenvalue weighted by Gasteiger charge is 2.73. The van der Waals surface area contributed by atoms with Crippen LogP contribution in [0.3, 0.4) is 0 Å². The average molecular weight is 529 g/mol. The molecule has 0 radical (unpaired) electrons. The van der Waals surface area contributed by atoms with Crippen LogP contribution in [0.4, 0.5) is 13.2 Å². The van der Waals surface area contributed by atoms with Gasteiger partial charge in [-0.15, -0.1) is 11.3 Å². The summed E-state index contributed by atoms with van der Waals surface area (Å²) >= 11 is 0.714. The normalized spacial score (nSPS) is 22.7. The van der Waals surface area contributed by atoms with Gasteiger partial charge in [0.25, 0.3) is 10.0 Å². The van der Waals surface area contributed by atoms with E-state index in [0.29, 0.717) is 17.4 Å². The molecule has 0 spiro atoms.